The van der Waals surface area contributed by atoms with Crippen LogP contribution in [0.25, 0.3) is 11.3 Å². The maximum absolute atomic E-state index is 5.56. The lowest BCUT2D eigenvalue weighted by atomic mass is 10.0. The van der Waals surface area contributed by atoms with Crippen molar-refractivity contribution in [3.05, 3.63) is 33.4 Å². The first-order chi connectivity index (χ1) is 9.49. The van der Waals surface area contributed by atoms with E-state index in [1.54, 1.807) is 7.11 Å². The molecule has 0 radical (unpaired) electrons. The molecule has 5 heteroatoms. The molecule has 1 aromatic carbocycles. The molecule has 108 valence electrons. The Morgan fingerprint density at radius 3 is 2.65 bits per heavy atom. The van der Waals surface area contributed by atoms with Crippen LogP contribution in [0.4, 0.5) is 0 Å². The van der Waals surface area contributed by atoms with Gasteiger partial charge in [-0.05, 0) is 54.0 Å². The van der Waals surface area contributed by atoms with Crippen LogP contribution in [0.2, 0.25) is 0 Å². The summed E-state index contributed by atoms with van der Waals surface area (Å²) in [5.74, 6) is 0.877. The lowest BCUT2D eigenvalue weighted by molar-refractivity contribution is 0.415. The highest BCUT2D eigenvalue weighted by molar-refractivity contribution is 9.10. The fraction of sp³-hybridized carbons (Fsp3) is 0.400. The molecule has 1 N–H and O–H groups in total. The Morgan fingerprint density at radius 2 is 2.05 bits per heavy atom. The highest BCUT2D eigenvalue weighted by atomic mass is 79.9. The normalized spacial score (nSPS) is 10.9. The van der Waals surface area contributed by atoms with E-state index in [9.17, 15) is 0 Å². The molecule has 0 aliphatic heterocycles. The summed E-state index contributed by atoms with van der Waals surface area (Å²) in [5, 5.41) is 7.70. The van der Waals surface area contributed by atoms with E-state index in [1.807, 2.05) is 18.8 Å². The minimum Gasteiger partial charge on any atom is -0.496 e. The minimum absolute atomic E-state index is 0.724. The van der Waals surface area contributed by atoms with E-state index in [0.717, 1.165) is 33.7 Å². The van der Waals surface area contributed by atoms with Crippen molar-refractivity contribution in [2.45, 2.75) is 20.4 Å². The van der Waals surface area contributed by atoms with Crippen LogP contribution in [0.5, 0.6) is 5.75 Å². The van der Waals surface area contributed by atoms with E-state index < -0.39 is 0 Å². The van der Waals surface area contributed by atoms with Gasteiger partial charge in [-0.25, -0.2) is 0 Å². The Bertz CT molecular complexity index is 635. The molecule has 0 aliphatic carbocycles. The van der Waals surface area contributed by atoms with Crippen LogP contribution >= 0.6 is 15.9 Å². The van der Waals surface area contributed by atoms with Gasteiger partial charge in [0.25, 0.3) is 0 Å². The average Bonchev–Trinajstić information content (AvgIpc) is 2.65. The molecule has 2 aromatic rings. The van der Waals surface area contributed by atoms with Crippen molar-refractivity contribution in [2.75, 3.05) is 14.2 Å². The topological polar surface area (TPSA) is 39.1 Å². The summed E-state index contributed by atoms with van der Waals surface area (Å²) in [7, 11) is 5.58. The van der Waals surface area contributed by atoms with Crippen molar-refractivity contribution in [2.24, 2.45) is 7.05 Å². The lowest BCUT2D eigenvalue weighted by Crippen LogP contribution is -2.06. The predicted molar refractivity (Wildman–Crippen MR) is 85.1 cm³/mol. The third-order valence-electron chi connectivity index (χ3n) is 3.30. The summed E-state index contributed by atoms with van der Waals surface area (Å²) in [4.78, 5) is 0. The molecule has 1 aromatic heterocycles. The van der Waals surface area contributed by atoms with Crippen LogP contribution in [0.1, 0.15) is 16.8 Å². The zero-order valence-corrected chi connectivity index (χ0v) is 14.1. The number of benzene rings is 1. The molecule has 0 saturated carbocycles. The molecule has 20 heavy (non-hydrogen) atoms. The Balaban J connectivity index is 2.68. The first kappa shape index (κ1) is 15.1. The van der Waals surface area contributed by atoms with Crippen molar-refractivity contribution >= 4 is 15.9 Å². The Morgan fingerprint density at radius 1 is 1.35 bits per heavy atom. The maximum Gasteiger partial charge on any atom is 0.128 e. The number of hydrogen-bond donors (Lipinski definition) is 1. The first-order valence-electron chi connectivity index (χ1n) is 6.51. The van der Waals surface area contributed by atoms with Gasteiger partial charge in [0.2, 0.25) is 0 Å². The zero-order chi connectivity index (χ0) is 14.9. The number of hydrogen-bond acceptors (Lipinski definition) is 3. The van der Waals surface area contributed by atoms with Crippen LogP contribution in [0, 0.1) is 13.8 Å². The molecule has 2 rings (SSSR count). The second-order valence-corrected chi connectivity index (χ2v) is 5.72. The van der Waals surface area contributed by atoms with Gasteiger partial charge in [-0.2, -0.15) is 5.10 Å². The van der Waals surface area contributed by atoms with E-state index in [-0.39, 0.29) is 0 Å². The Labute approximate surface area is 128 Å². The van der Waals surface area contributed by atoms with E-state index >= 15 is 0 Å². The zero-order valence-electron chi connectivity index (χ0n) is 12.5. The van der Waals surface area contributed by atoms with Crippen molar-refractivity contribution in [3.8, 4) is 17.0 Å². The molecule has 4 nitrogen and oxygen atoms in total. The van der Waals surface area contributed by atoms with E-state index in [1.165, 1.54) is 11.1 Å². The fourth-order valence-electron chi connectivity index (χ4n) is 2.50. The van der Waals surface area contributed by atoms with Gasteiger partial charge in [0.05, 0.1) is 23.0 Å². The summed E-state index contributed by atoms with van der Waals surface area (Å²) in [6.45, 7) is 4.90. The molecule has 0 saturated heterocycles. The van der Waals surface area contributed by atoms with Crippen LogP contribution in [0.15, 0.2) is 16.6 Å². The Kier molecular flexibility index (Phi) is 4.50. The van der Waals surface area contributed by atoms with Crippen molar-refractivity contribution < 1.29 is 4.74 Å². The highest BCUT2D eigenvalue weighted by Gasteiger charge is 2.20. The van der Waals surface area contributed by atoms with E-state index in [0.29, 0.717) is 0 Å². The SMILES string of the molecule is CNCc1nn(C)c(-c2c(C)cc(C)cc2OC)c1Br. The summed E-state index contributed by atoms with van der Waals surface area (Å²) in [5.41, 5.74) is 5.50. The van der Waals surface area contributed by atoms with Gasteiger partial charge in [-0.15, -0.1) is 0 Å². The molecule has 0 bridgehead atoms. The maximum atomic E-state index is 5.56. The van der Waals surface area contributed by atoms with Gasteiger partial charge in [0.15, 0.2) is 0 Å². The molecule has 0 fully saturated rings. The van der Waals surface area contributed by atoms with Gasteiger partial charge in [0, 0.05) is 19.2 Å². The second kappa shape index (κ2) is 5.97. The van der Waals surface area contributed by atoms with Gasteiger partial charge in [0.1, 0.15) is 5.75 Å². The fourth-order valence-corrected chi connectivity index (χ4v) is 3.17. The number of nitrogens with zero attached hydrogens (tertiary/aromatic N) is 2. The number of aromatic nitrogens is 2. The van der Waals surface area contributed by atoms with Crippen LogP contribution in [-0.2, 0) is 13.6 Å². The Hall–Kier alpha value is -1.33. The summed E-state index contributed by atoms with van der Waals surface area (Å²) in [6.07, 6.45) is 0. The molecular formula is C15H20BrN3O. The number of rotatable bonds is 4. The molecule has 0 amide bonds. The van der Waals surface area contributed by atoms with Crippen LogP contribution in [-0.4, -0.2) is 23.9 Å². The van der Waals surface area contributed by atoms with Gasteiger partial charge < -0.3 is 10.1 Å². The van der Waals surface area contributed by atoms with Crippen LogP contribution < -0.4 is 10.1 Å². The van der Waals surface area contributed by atoms with Crippen molar-refractivity contribution in [1.82, 2.24) is 15.1 Å². The summed E-state index contributed by atoms with van der Waals surface area (Å²) < 4.78 is 8.48. The summed E-state index contributed by atoms with van der Waals surface area (Å²) >= 11 is 3.68. The average molecular weight is 338 g/mol. The number of halogens is 1. The number of nitrogens with one attached hydrogen (secondary N) is 1. The number of ether oxygens (including phenoxy) is 1. The van der Waals surface area contributed by atoms with Crippen molar-refractivity contribution in [3.63, 3.8) is 0 Å². The molecular weight excluding hydrogens is 318 g/mol. The quantitative estimate of drug-likeness (QED) is 0.931. The predicted octanol–water partition coefficient (Wildman–Crippen LogP) is 3.19. The second-order valence-electron chi connectivity index (χ2n) is 4.92. The standard InChI is InChI=1S/C15H20BrN3O/c1-9-6-10(2)13(12(7-9)20-5)15-14(16)11(8-17-3)18-19(15)4/h6-7,17H,8H2,1-5H3. The number of methoxy groups -OCH3 is 1. The third-order valence-corrected chi connectivity index (χ3v) is 4.13. The molecule has 1 heterocycles. The molecule has 0 aliphatic rings. The van der Waals surface area contributed by atoms with Crippen molar-refractivity contribution in [1.29, 1.82) is 0 Å². The highest BCUT2D eigenvalue weighted by Crippen LogP contribution is 2.39. The molecule has 0 unspecified atom stereocenters. The third kappa shape index (κ3) is 2.60. The largest absolute Gasteiger partial charge is 0.496 e. The lowest BCUT2D eigenvalue weighted by Gasteiger charge is -2.14. The molecule has 0 spiro atoms. The summed E-state index contributed by atoms with van der Waals surface area (Å²) in [6, 6.07) is 4.22. The molecule has 0 atom stereocenters. The van der Waals surface area contributed by atoms with E-state index in [4.69, 9.17) is 4.74 Å². The smallest absolute Gasteiger partial charge is 0.128 e. The van der Waals surface area contributed by atoms with Gasteiger partial charge in [-0.3, -0.25) is 4.68 Å². The van der Waals surface area contributed by atoms with Gasteiger partial charge >= 0.3 is 0 Å². The number of aryl methyl sites for hydroxylation is 3. The minimum atomic E-state index is 0.724. The van der Waals surface area contributed by atoms with E-state index in [2.05, 4.69) is 52.3 Å². The first-order valence-corrected chi connectivity index (χ1v) is 7.30. The monoisotopic (exact) mass is 337 g/mol. The van der Waals surface area contributed by atoms with Crippen LogP contribution in [0.3, 0.4) is 0 Å². The van der Waals surface area contributed by atoms with Gasteiger partial charge in [-0.1, -0.05) is 6.07 Å².